The molecule has 0 saturated heterocycles. The maximum absolute atomic E-state index is 13.1. The molecule has 0 bridgehead atoms. The minimum Gasteiger partial charge on any atom is -0.454 e. The van der Waals surface area contributed by atoms with Crippen molar-refractivity contribution in [3.05, 3.63) is 76.2 Å². The number of hydrogen-bond donors (Lipinski definition) is 2. The summed E-state index contributed by atoms with van der Waals surface area (Å²) in [6.07, 6.45) is 1.62. The van der Waals surface area contributed by atoms with E-state index in [-0.39, 0.29) is 18.3 Å². The smallest absolute Gasteiger partial charge is 0.268 e. The van der Waals surface area contributed by atoms with Gasteiger partial charge in [0.15, 0.2) is 11.5 Å². The summed E-state index contributed by atoms with van der Waals surface area (Å²) >= 11 is 0. The number of carbonyl (C=O) groups excluding carboxylic acids is 2. The Morgan fingerprint density at radius 3 is 2.30 bits per heavy atom. The molecular weight excluding hydrogens is 386 g/mol. The zero-order valence-corrected chi connectivity index (χ0v) is 16.4. The zero-order chi connectivity index (χ0) is 21.3. The summed E-state index contributed by atoms with van der Waals surface area (Å²) in [5.41, 5.74) is 1.84. The van der Waals surface area contributed by atoms with Gasteiger partial charge in [-0.15, -0.1) is 0 Å². The third-order valence-electron chi connectivity index (χ3n) is 4.63. The lowest BCUT2D eigenvalue weighted by molar-refractivity contribution is -0.114. The highest BCUT2D eigenvalue weighted by Crippen LogP contribution is 2.33. The second-order valence-electron chi connectivity index (χ2n) is 6.80. The number of amides is 2. The van der Waals surface area contributed by atoms with Crippen LogP contribution in [0, 0.1) is 6.92 Å². The van der Waals surface area contributed by atoms with Crippen molar-refractivity contribution >= 4 is 23.2 Å². The molecule has 0 radical (unpaired) electrons. The monoisotopic (exact) mass is 405 g/mol. The van der Waals surface area contributed by atoms with Gasteiger partial charge in [0.05, 0.1) is 5.69 Å². The van der Waals surface area contributed by atoms with Crippen molar-refractivity contribution in [1.82, 2.24) is 4.57 Å². The van der Waals surface area contributed by atoms with Crippen molar-refractivity contribution in [2.75, 3.05) is 17.4 Å². The molecule has 2 aromatic carbocycles. The van der Waals surface area contributed by atoms with E-state index in [1.54, 1.807) is 61.7 Å². The van der Waals surface area contributed by atoms with E-state index in [9.17, 15) is 14.4 Å². The van der Waals surface area contributed by atoms with Crippen LogP contribution in [-0.2, 0) is 4.79 Å². The Bertz CT molecular complexity index is 1200. The Kier molecular flexibility index (Phi) is 4.97. The molecular formula is C22H19N3O5. The van der Waals surface area contributed by atoms with E-state index < -0.39 is 11.5 Å². The van der Waals surface area contributed by atoms with Crippen molar-refractivity contribution in [2.24, 2.45) is 0 Å². The van der Waals surface area contributed by atoms with Gasteiger partial charge in [0, 0.05) is 30.6 Å². The Balaban J connectivity index is 1.62. The Morgan fingerprint density at radius 1 is 0.933 bits per heavy atom. The molecule has 2 amide bonds. The van der Waals surface area contributed by atoms with Crippen molar-refractivity contribution in [2.45, 2.75) is 13.8 Å². The van der Waals surface area contributed by atoms with Crippen molar-refractivity contribution < 1.29 is 19.1 Å². The van der Waals surface area contributed by atoms with Crippen LogP contribution in [-0.4, -0.2) is 23.2 Å². The number of aromatic nitrogens is 1. The molecule has 152 valence electrons. The van der Waals surface area contributed by atoms with Gasteiger partial charge in [-0.1, -0.05) is 0 Å². The highest BCUT2D eigenvalue weighted by Gasteiger charge is 2.19. The van der Waals surface area contributed by atoms with Gasteiger partial charge in [0.25, 0.3) is 11.5 Å². The van der Waals surface area contributed by atoms with Crippen LogP contribution in [0.15, 0.2) is 59.5 Å². The first-order valence-corrected chi connectivity index (χ1v) is 9.23. The SMILES string of the molecule is CC(=O)Nc1ccc(NC(=O)c2c(C)ccn(-c3ccc4c(c3)OCO4)c2=O)cc1. The van der Waals surface area contributed by atoms with Gasteiger partial charge in [-0.05, 0) is 55.0 Å². The number of ether oxygens (including phenoxy) is 2. The molecule has 0 unspecified atom stereocenters. The molecule has 3 aromatic rings. The molecule has 0 spiro atoms. The summed E-state index contributed by atoms with van der Waals surface area (Å²) in [5, 5.41) is 5.39. The van der Waals surface area contributed by atoms with Crippen LogP contribution < -0.4 is 25.7 Å². The van der Waals surface area contributed by atoms with Crippen LogP contribution in [0.5, 0.6) is 11.5 Å². The highest BCUT2D eigenvalue weighted by atomic mass is 16.7. The topological polar surface area (TPSA) is 98.7 Å². The molecule has 1 aromatic heterocycles. The van der Waals surface area contributed by atoms with Crippen molar-refractivity contribution in [3.8, 4) is 17.2 Å². The summed E-state index contributed by atoms with van der Waals surface area (Å²) in [7, 11) is 0. The van der Waals surface area contributed by atoms with Crippen LogP contribution in [0.2, 0.25) is 0 Å². The molecule has 0 fully saturated rings. The normalized spacial score (nSPS) is 11.8. The van der Waals surface area contributed by atoms with E-state index in [4.69, 9.17) is 9.47 Å². The number of pyridine rings is 1. The molecule has 1 aliphatic heterocycles. The maximum atomic E-state index is 13.1. The van der Waals surface area contributed by atoms with E-state index in [1.165, 1.54) is 11.5 Å². The van der Waals surface area contributed by atoms with Gasteiger partial charge in [-0.25, -0.2) is 0 Å². The van der Waals surface area contributed by atoms with Crippen LogP contribution in [0.3, 0.4) is 0 Å². The number of nitrogens with one attached hydrogen (secondary N) is 2. The number of hydrogen-bond acceptors (Lipinski definition) is 5. The Hall–Kier alpha value is -4.07. The molecule has 0 aliphatic carbocycles. The Morgan fingerprint density at radius 2 is 1.60 bits per heavy atom. The molecule has 2 heterocycles. The van der Waals surface area contributed by atoms with E-state index in [0.29, 0.717) is 34.1 Å². The quantitative estimate of drug-likeness (QED) is 0.695. The zero-order valence-electron chi connectivity index (χ0n) is 16.4. The first-order valence-electron chi connectivity index (χ1n) is 9.23. The largest absolute Gasteiger partial charge is 0.454 e. The number of nitrogens with zero attached hydrogens (tertiary/aromatic N) is 1. The van der Waals surface area contributed by atoms with Gasteiger partial charge in [0.2, 0.25) is 12.7 Å². The fourth-order valence-corrected chi connectivity index (χ4v) is 3.17. The average Bonchev–Trinajstić information content (AvgIpc) is 3.17. The third kappa shape index (κ3) is 3.75. The van der Waals surface area contributed by atoms with Crippen molar-refractivity contribution in [1.29, 1.82) is 0 Å². The van der Waals surface area contributed by atoms with Gasteiger partial charge in [0.1, 0.15) is 5.56 Å². The molecule has 30 heavy (non-hydrogen) atoms. The lowest BCUT2D eigenvalue weighted by Crippen LogP contribution is -2.29. The summed E-state index contributed by atoms with van der Waals surface area (Å²) in [4.78, 5) is 37.0. The van der Waals surface area contributed by atoms with E-state index in [2.05, 4.69) is 10.6 Å². The summed E-state index contributed by atoms with van der Waals surface area (Å²) < 4.78 is 12.1. The number of anilines is 2. The molecule has 0 saturated carbocycles. The molecule has 8 nitrogen and oxygen atoms in total. The number of carbonyl (C=O) groups is 2. The summed E-state index contributed by atoms with van der Waals surface area (Å²) in [6.45, 7) is 3.26. The first-order chi connectivity index (χ1) is 14.4. The van der Waals surface area contributed by atoms with Gasteiger partial charge in [-0.2, -0.15) is 0 Å². The predicted molar refractivity (Wildman–Crippen MR) is 112 cm³/mol. The van der Waals surface area contributed by atoms with Gasteiger partial charge >= 0.3 is 0 Å². The van der Waals surface area contributed by atoms with E-state index in [0.717, 1.165) is 0 Å². The first kappa shape index (κ1) is 19.3. The number of aryl methyl sites for hydroxylation is 1. The second-order valence-corrected chi connectivity index (χ2v) is 6.80. The molecule has 0 atom stereocenters. The van der Waals surface area contributed by atoms with Crippen LogP contribution in [0.1, 0.15) is 22.8 Å². The fourth-order valence-electron chi connectivity index (χ4n) is 3.17. The standard InChI is InChI=1S/C22H19N3O5/c1-13-9-10-25(17-7-8-18-19(11-17)30-12-29-18)22(28)20(13)21(27)24-16-5-3-15(4-6-16)23-14(2)26/h3-11H,12H2,1-2H3,(H,23,26)(H,24,27). The number of benzene rings is 2. The van der Waals surface area contributed by atoms with Gasteiger partial charge < -0.3 is 20.1 Å². The van der Waals surface area contributed by atoms with Crippen LogP contribution in [0.25, 0.3) is 5.69 Å². The second kappa shape index (κ2) is 7.75. The number of rotatable bonds is 4. The average molecular weight is 405 g/mol. The summed E-state index contributed by atoms with van der Waals surface area (Å²) in [5.74, 6) is 0.459. The van der Waals surface area contributed by atoms with Crippen LogP contribution >= 0.6 is 0 Å². The van der Waals surface area contributed by atoms with Crippen molar-refractivity contribution in [3.63, 3.8) is 0 Å². The molecule has 1 aliphatic rings. The predicted octanol–water partition coefficient (Wildman–Crippen LogP) is 3.09. The minimum atomic E-state index is -0.514. The van der Waals surface area contributed by atoms with Gasteiger partial charge in [-0.3, -0.25) is 19.0 Å². The maximum Gasteiger partial charge on any atom is 0.268 e. The molecule has 2 N–H and O–H groups in total. The third-order valence-corrected chi connectivity index (χ3v) is 4.63. The Labute approximate surface area is 172 Å². The molecule has 4 rings (SSSR count). The molecule has 8 heteroatoms. The minimum absolute atomic E-state index is 0.0427. The van der Waals surface area contributed by atoms with Crippen LogP contribution in [0.4, 0.5) is 11.4 Å². The summed E-state index contributed by atoms with van der Waals surface area (Å²) in [6, 6.07) is 13.5. The lowest BCUT2D eigenvalue weighted by atomic mass is 10.1. The van der Waals surface area contributed by atoms with E-state index in [1.807, 2.05) is 0 Å². The van der Waals surface area contributed by atoms with E-state index >= 15 is 0 Å². The number of fused-ring (bicyclic) bond motifs is 1. The fraction of sp³-hybridized carbons (Fsp3) is 0.136. The highest BCUT2D eigenvalue weighted by molar-refractivity contribution is 6.05. The lowest BCUT2D eigenvalue weighted by Gasteiger charge is -2.12.